The van der Waals surface area contributed by atoms with E-state index in [-0.39, 0.29) is 10.8 Å². The number of halogens is 4. The maximum atomic E-state index is 13.3. The number of benzene rings is 1. The van der Waals surface area contributed by atoms with E-state index in [1.807, 2.05) is 6.07 Å². The molecule has 12 heteroatoms. The molecule has 1 aromatic carbocycles. The molecule has 0 spiro atoms. The summed E-state index contributed by atoms with van der Waals surface area (Å²) in [7, 11) is 0. The van der Waals surface area contributed by atoms with Gasteiger partial charge in [0.2, 0.25) is 5.28 Å². The summed E-state index contributed by atoms with van der Waals surface area (Å²) in [5, 5.41) is 14.3. The molecule has 0 saturated carbocycles. The molecule has 1 N–H and O–H groups in total. The maximum Gasteiger partial charge on any atom is 0.416 e. The molecule has 0 radical (unpaired) electrons. The lowest BCUT2D eigenvalue weighted by Crippen LogP contribution is -2.25. The van der Waals surface area contributed by atoms with Crippen molar-refractivity contribution in [3.8, 4) is 0 Å². The first-order valence-electron chi connectivity index (χ1n) is 10.5. The number of furan rings is 1. The number of hydrogen-bond acceptors (Lipinski definition) is 7. The Balaban J connectivity index is 1.59. The molecule has 1 atom stereocenters. The van der Waals surface area contributed by atoms with Gasteiger partial charge in [0.15, 0.2) is 0 Å². The van der Waals surface area contributed by atoms with E-state index in [0.29, 0.717) is 37.8 Å². The van der Waals surface area contributed by atoms with Gasteiger partial charge in [0.1, 0.15) is 5.82 Å². The van der Waals surface area contributed by atoms with Gasteiger partial charge in [0, 0.05) is 49.3 Å². The zero-order chi connectivity index (χ0) is 24.5. The Morgan fingerprint density at radius 3 is 2.71 bits per heavy atom. The predicted molar refractivity (Wildman–Crippen MR) is 119 cm³/mol. The summed E-state index contributed by atoms with van der Waals surface area (Å²) in [6.07, 6.45) is -0.184. The van der Waals surface area contributed by atoms with Crippen LogP contribution in [0.5, 0.6) is 0 Å². The van der Waals surface area contributed by atoms with Gasteiger partial charge >= 0.3 is 6.18 Å². The standard InChI is InChI=1S/C22H21ClF3N5O3/c1-13(15-8-16(22(24,25)26)10-17(9-15)31(32)33)27-20-18-2-5-30(11-14-4-7-34-12-14)6-3-19(18)28-21(23)29-20/h4,7-10,12-13H,2-3,5-6,11H2,1H3,(H,27,28,29)/t13-/m1/s1. The average Bonchev–Trinajstić information content (AvgIpc) is 3.20. The maximum absolute atomic E-state index is 13.3. The largest absolute Gasteiger partial charge is 0.472 e. The third kappa shape index (κ3) is 5.48. The number of non-ortho nitro benzene ring substituents is 1. The van der Waals surface area contributed by atoms with Crippen molar-refractivity contribution in [3.63, 3.8) is 0 Å². The number of anilines is 1. The van der Waals surface area contributed by atoms with Gasteiger partial charge in [-0.15, -0.1) is 0 Å². The van der Waals surface area contributed by atoms with Crippen LogP contribution in [0.3, 0.4) is 0 Å². The minimum absolute atomic E-state index is 0.0201. The predicted octanol–water partition coefficient (Wildman–Crippen LogP) is 5.42. The van der Waals surface area contributed by atoms with Crippen LogP contribution in [0, 0.1) is 10.1 Å². The summed E-state index contributed by atoms with van der Waals surface area (Å²) in [4.78, 5) is 21.2. The van der Waals surface area contributed by atoms with Crippen LogP contribution in [0.25, 0.3) is 0 Å². The van der Waals surface area contributed by atoms with Crippen LogP contribution in [0.15, 0.2) is 41.2 Å². The van der Waals surface area contributed by atoms with Crippen LogP contribution >= 0.6 is 11.6 Å². The smallest absolute Gasteiger partial charge is 0.416 e. The van der Waals surface area contributed by atoms with E-state index in [0.717, 1.165) is 35.5 Å². The van der Waals surface area contributed by atoms with Crippen molar-refractivity contribution >= 4 is 23.1 Å². The van der Waals surface area contributed by atoms with Gasteiger partial charge in [-0.05, 0) is 42.6 Å². The number of rotatable bonds is 6. The van der Waals surface area contributed by atoms with Crippen molar-refractivity contribution in [1.29, 1.82) is 0 Å². The van der Waals surface area contributed by atoms with Crippen LogP contribution < -0.4 is 5.32 Å². The molecule has 34 heavy (non-hydrogen) atoms. The first-order valence-corrected chi connectivity index (χ1v) is 10.9. The van der Waals surface area contributed by atoms with Crippen LogP contribution in [0.1, 0.15) is 40.9 Å². The summed E-state index contributed by atoms with van der Waals surface area (Å²) >= 11 is 6.14. The zero-order valence-corrected chi connectivity index (χ0v) is 18.9. The average molecular weight is 496 g/mol. The first kappa shape index (κ1) is 24.0. The molecule has 0 aliphatic carbocycles. The van der Waals surface area contributed by atoms with E-state index in [1.54, 1.807) is 19.5 Å². The highest BCUT2D eigenvalue weighted by Crippen LogP contribution is 2.35. The molecule has 0 fully saturated rings. The fourth-order valence-electron chi connectivity index (χ4n) is 3.98. The molecule has 8 nitrogen and oxygen atoms in total. The SMILES string of the molecule is C[C@@H](Nc1nc(Cl)nc2c1CCN(Cc1ccoc1)CC2)c1cc([N+](=O)[O-])cc(C(F)(F)F)c1. The second-order valence-electron chi connectivity index (χ2n) is 8.11. The molecular formula is C22H21ClF3N5O3. The Hall–Kier alpha value is -3.18. The van der Waals surface area contributed by atoms with Crippen molar-refractivity contribution in [3.05, 3.63) is 80.1 Å². The summed E-state index contributed by atoms with van der Waals surface area (Å²) in [6, 6.07) is 3.75. The number of nitrogens with zero attached hydrogens (tertiary/aromatic N) is 4. The third-order valence-electron chi connectivity index (χ3n) is 5.73. The van der Waals surface area contributed by atoms with Crippen LogP contribution in [0.4, 0.5) is 24.7 Å². The Bertz CT molecular complexity index is 1190. The summed E-state index contributed by atoms with van der Waals surface area (Å²) < 4.78 is 45.0. The first-order chi connectivity index (χ1) is 16.1. The van der Waals surface area contributed by atoms with Gasteiger partial charge in [0.05, 0.1) is 34.7 Å². The number of nitro benzene ring substituents is 1. The fraction of sp³-hybridized carbons (Fsp3) is 0.364. The van der Waals surface area contributed by atoms with E-state index >= 15 is 0 Å². The van der Waals surface area contributed by atoms with E-state index in [2.05, 4.69) is 20.2 Å². The van der Waals surface area contributed by atoms with Gasteiger partial charge in [-0.3, -0.25) is 15.0 Å². The van der Waals surface area contributed by atoms with Gasteiger partial charge in [-0.25, -0.2) is 9.97 Å². The molecule has 0 amide bonds. The van der Waals surface area contributed by atoms with Crippen molar-refractivity contribution < 1.29 is 22.5 Å². The minimum atomic E-state index is -4.71. The van der Waals surface area contributed by atoms with Gasteiger partial charge in [0.25, 0.3) is 5.69 Å². The van der Waals surface area contributed by atoms with E-state index in [4.69, 9.17) is 16.0 Å². The fourth-order valence-corrected chi connectivity index (χ4v) is 4.16. The molecule has 2 aromatic heterocycles. The third-order valence-corrected chi connectivity index (χ3v) is 5.90. The summed E-state index contributed by atoms with van der Waals surface area (Å²) in [5.74, 6) is 0.410. The molecule has 0 unspecified atom stereocenters. The molecule has 0 bridgehead atoms. The number of nitro groups is 1. The highest BCUT2D eigenvalue weighted by molar-refractivity contribution is 6.28. The number of alkyl halides is 3. The summed E-state index contributed by atoms with van der Waals surface area (Å²) in [6.45, 7) is 3.77. The minimum Gasteiger partial charge on any atom is -0.472 e. The lowest BCUT2D eigenvalue weighted by molar-refractivity contribution is -0.385. The molecule has 1 aliphatic heterocycles. The van der Waals surface area contributed by atoms with Gasteiger partial charge in [-0.2, -0.15) is 13.2 Å². The Labute approximate surface area is 197 Å². The van der Waals surface area contributed by atoms with E-state index in [1.165, 1.54) is 0 Å². The Kier molecular flexibility index (Phi) is 6.76. The normalized spacial score (nSPS) is 15.4. The molecular weight excluding hydrogens is 475 g/mol. The molecule has 3 heterocycles. The van der Waals surface area contributed by atoms with E-state index in [9.17, 15) is 23.3 Å². The second-order valence-corrected chi connectivity index (χ2v) is 8.45. The molecule has 1 aliphatic rings. The van der Waals surface area contributed by atoms with Crippen molar-refractivity contribution in [2.45, 2.75) is 38.5 Å². The highest BCUT2D eigenvalue weighted by atomic mass is 35.5. The van der Waals surface area contributed by atoms with Gasteiger partial charge < -0.3 is 9.73 Å². The van der Waals surface area contributed by atoms with Crippen LogP contribution in [-0.2, 0) is 25.6 Å². The lowest BCUT2D eigenvalue weighted by Gasteiger charge is -2.20. The quantitative estimate of drug-likeness (QED) is 0.277. The van der Waals surface area contributed by atoms with Crippen molar-refractivity contribution in [2.24, 2.45) is 0 Å². The molecule has 3 aromatic rings. The molecule has 4 rings (SSSR count). The summed E-state index contributed by atoms with van der Waals surface area (Å²) in [5.41, 5.74) is 1.04. The second kappa shape index (κ2) is 9.59. The number of nitrogens with one attached hydrogen (secondary N) is 1. The number of hydrogen-bond donors (Lipinski definition) is 1. The topological polar surface area (TPSA) is 97.3 Å². The van der Waals surface area contributed by atoms with Crippen molar-refractivity contribution in [2.75, 3.05) is 18.4 Å². The lowest BCUT2D eigenvalue weighted by atomic mass is 10.0. The Morgan fingerprint density at radius 1 is 1.26 bits per heavy atom. The van der Waals surface area contributed by atoms with Crippen LogP contribution in [-0.4, -0.2) is 32.9 Å². The molecule has 180 valence electrons. The zero-order valence-electron chi connectivity index (χ0n) is 18.1. The van der Waals surface area contributed by atoms with Gasteiger partial charge in [-0.1, -0.05) is 0 Å². The monoisotopic (exact) mass is 495 g/mol. The van der Waals surface area contributed by atoms with Crippen LogP contribution in [0.2, 0.25) is 5.28 Å². The van der Waals surface area contributed by atoms with Crippen molar-refractivity contribution in [1.82, 2.24) is 14.9 Å². The molecule has 0 saturated heterocycles. The number of aromatic nitrogens is 2. The highest BCUT2D eigenvalue weighted by Gasteiger charge is 2.33. The number of fused-ring (bicyclic) bond motifs is 1. The Morgan fingerprint density at radius 2 is 2.03 bits per heavy atom. The van der Waals surface area contributed by atoms with E-state index < -0.39 is 28.4 Å².